The molecule has 1 rings (SSSR count). The summed E-state index contributed by atoms with van der Waals surface area (Å²) in [6.45, 7) is 6.41. The molecule has 0 bridgehead atoms. The van der Waals surface area contributed by atoms with Gasteiger partial charge >= 0.3 is 0 Å². The van der Waals surface area contributed by atoms with Crippen LogP contribution in [0.3, 0.4) is 0 Å². The molecule has 64 valence electrons. The van der Waals surface area contributed by atoms with Crippen molar-refractivity contribution in [1.29, 1.82) is 0 Å². The number of hydrogen-bond acceptors (Lipinski definition) is 0. The van der Waals surface area contributed by atoms with E-state index in [0.717, 1.165) is 6.42 Å². The topological polar surface area (TPSA) is 0 Å². The zero-order valence-corrected chi connectivity index (χ0v) is 8.09. The number of benzene rings is 1. The molecule has 0 atom stereocenters. The predicted molar refractivity (Wildman–Crippen MR) is 55.1 cm³/mol. The van der Waals surface area contributed by atoms with Crippen LogP contribution >= 0.6 is 0 Å². The van der Waals surface area contributed by atoms with Gasteiger partial charge in [-0.05, 0) is 37.0 Å². The van der Waals surface area contributed by atoms with Gasteiger partial charge in [-0.2, -0.15) is 0 Å². The van der Waals surface area contributed by atoms with Crippen molar-refractivity contribution in [3.8, 4) is 0 Å². The molecule has 0 radical (unpaired) electrons. The van der Waals surface area contributed by atoms with Crippen LogP contribution in [0.1, 0.15) is 31.9 Å². The van der Waals surface area contributed by atoms with Gasteiger partial charge in [0.05, 0.1) is 0 Å². The van der Waals surface area contributed by atoms with Crippen molar-refractivity contribution >= 4 is 5.57 Å². The molecule has 0 aromatic heterocycles. The highest BCUT2D eigenvalue weighted by Gasteiger charge is 1.94. The molecule has 0 unspecified atom stereocenters. The first-order valence-corrected chi connectivity index (χ1v) is 4.50. The van der Waals surface area contributed by atoms with Crippen LogP contribution in [0.4, 0.5) is 0 Å². The van der Waals surface area contributed by atoms with Crippen LogP contribution in [0.15, 0.2) is 30.3 Å². The van der Waals surface area contributed by atoms with Crippen LogP contribution in [-0.4, -0.2) is 0 Å². The number of allylic oxidation sites excluding steroid dienone is 2. The summed E-state index contributed by atoms with van der Waals surface area (Å²) in [5, 5.41) is 0. The Hall–Kier alpha value is -1.04. The molecule has 1 aromatic carbocycles. The van der Waals surface area contributed by atoms with Gasteiger partial charge in [0.25, 0.3) is 0 Å². The van der Waals surface area contributed by atoms with E-state index in [1.165, 1.54) is 16.7 Å². The summed E-state index contributed by atoms with van der Waals surface area (Å²) in [4.78, 5) is 0. The second kappa shape index (κ2) is 4.10. The molecule has 0 aliphatic heterocycles. The first kappa shape index (κ1) is 9.05. The van der Waals surface area contributed by atoms with Crippen LogP contribution in [0, 0.1) is 0 Å². The highest BCUT2D eigenvalue weighted by atomic mass is 14.0. The lowest BCUT2D eigenvalue weighted by molar-refractivity contribution is 1.14. The molecule has 0 aliphatic rings. The standard InChI is InChI=1S/C12H16/c1-4-10(3)12-8-6-7-11(5-2)9-12/h4,6-9H,5H2,1-3H3/b10-4+. The van der Waals surface area contributed by atoms with Gasteiger partial charge in [-0.1, -0.05) is 37.3 Å². The van der Waals surface area contributed by atoms with Gasteiger partial charge in [0.1, 0.15) is 0 Å². The average molecular weight is 160 g/mol. The Morgan fingerprint density at radius 3 is 2.75 bits per heavy atom. The Morgan fingerprint density at radius 2 is 2.17 bits per heavy atom. The maximum atomic E-state index is 2.26. The van der Waals surface area contributed by atoms with E-state index in [2.05, 4.69) is 51.1 Å². The fraction of sp³-hybridized carbons (Fsp3) is 0.333. The van der Waals surface area contributed by atoms with Crippen molar-refractivity contribution in [2.75, 3.05) is 0 Å². The van der Waals surface area contributed by atoms with Gasteiger partial charge in [-0.15, -0.1) is 0 Å². The summed E-state index contributed by atoms with van der Waals surface area (Å²) < 4.78 is 0. The van der Waals surface area contributed by atoms with E-state index < -0.39 is 0 Å². The van der Waals surface area contributed by atoms with Crippen LogP contribution in [0.25, 0.3) is 5.57 Å². The van der Waals surface area contributed by atoms with Gasteiger partial charge < -0.3 is 0 Å². The molecule has 0 heteroatoms. The molecule has 0 heterocycles. The summed E-state index contributed by atoms with van der Waals surface area (Å²) in [6, 6.07) is 8.72. The maximum Gasteiger partial charge on any atom is -0.0228 e. The number of hydrogen-bond donors (Lipinski definition) is 0. The highest BCUT2D eigenvalue weighted by molar-refractivity contribution is 5.63. The molecule has 0 N–H and O–H groups in total. The van der Waals surface area contributed by atoms with Gasteiger partial charge in [0, 0.05) is 0 Å². The molecule has 0 aliphatic carbocycles. The summed E-state index contributed by atoms with van der Waals surface area (Å²) in [5.41, 5.74) is 4.11. The second-order valence-corrected chi connectivity index (χ2v) is 3.03. The summed E-state index contributed by atoms with van der Waals surface area (Å²) in [7, 11) is 0. The lowest BCUT2D eigenvalue weighted by atomic mass is 10.0. The van der Waals surface area contributed by atoms with E-state index in [9.17, 15) is 0 Å². The van der Waals surface area contributed by atoms with Gasteiger partial charge in [0.2, 0.25) is 0 Å². The first-order chi connectivity index (χ1) is 5.77. The molecule has 1 aromatic rings. The van der Waals surface area contributed by atoms with Crippen LogP contribution in [0.5, 0.6) is 0 Å². The second-order valence-electron chi connectivity index (χ2n) is 3.03. The van der Waals surface area contributed by atoms with Crippen LogP contribution < -0.4 is 0 Å². The zero-order valence-electron chi connectivity index (χ0n) is 8.09. The lowest BCUT2D eigenvalue weighted by Crippen LogP contribution is -1.83. The molecular formula is C12H16. The molecule has 0 nitrogen and oxygen atoms in total. The summed E-state index contributed by atoms with van der Waals surface area (Å²) >= 11 is 0. The molecular weight excluding hydrogens is 144 g/mol. The molecule has 12 heavy (non-hydrogen) atoms. The monoisotopic (exact) mass is 160 g/mol. The quantitative estimate of drug-likeness (QED) is 0.619. The fourth-order valence-corrected chi connectivity index (χ4v) is 1.20. The minimum absolute atomic E-state index is 1.12. The Balaban J connectivity index is 3.02. The third-order valence-electron chi connectivity index (χ3n) is 2.22. The van der Waals surface area contributed by atoms with Gasteiger partial charge in [-0.25, -0.2) is 0 Å². The zero-order chi connectivity index (χ0) is 8.97. The predicted octanol–water partition coefficient (Wildman–Crippen LogP) is 3.67. The van der Waals surface area contributed by atoms with E-state index in [1.807, 2.05) is 0 Å². The van der Waals surface area contributed by atoms with Crippen LogP contribution in [0.2, 0.25) is 0 Å². The Bertz CT molecular complexity index is 282. The molecule has 0 saturated heterocycles. The highest BCUT2D eigenvalue weighted by Crippen LogP contribution is 2.14. The minimum Gasteiger partial charge on any atom is -0.0841 e. The normalized spacial score (nSPS) is 11.8. The van der Waals surface area contributed by atoms with Crippen molar-refractivity contribution in [2.45, 2.75) is 27.2 Å². The molecule has 0 fully saturated rings. The van der Waals surface area contributed by atoms with E-state index in [4.69, 9.17) is 0 Å². The van der Waals surface area contributed by atoms with Crippen molar-refractivity contribution in [3.05, 3.63) is 41.5 Å². The van der Waals surface area contributed by atoms with Gasteiger partial charge in [-0.3, -0.25) is 0 Å². The Morgan fingerprint density at radius 1 is 1.42 bits per heavy atom. The number of aryl methyl sites for hydroxylation is 1. The third-order valence-corrected chi connectivity index (χ3v) is 2.22. The average Bonchev–Trinajstić information content (AvgIpc) is 2.17. The maximum absolute atomic E-state index is 2.26. The lowest BCUT2D eigenvalue weighted by Gasteiger charge is -2.02. The van der Waals surface area contributed by atoms with Crippen molar-refractivity contribution in [2.24, 2.45) is 0 Å². The van der Waals surface area contributed by atoms with Crippen molar-refractivity contribution in [1.82, 2.24) is 0 Å². The van der Waals surface area contributed by atoms with E-state index in [1.54, 1.807) is 0 Å². The van der Waals surface area contributed by atoms with Crippen molar-refractivity contribution in [3.63, 3.8) is 0 Å². The number of rotatable bonds is 2. The first-order valence-electron chi connectivity index (χ1n) is 4.50. The van der Waals surface area contributed by atoms with Gasteiger partial charge in [0.15, 0.2) is 0 Å². The molecule has 0 amide bonds. The Kier molecular flexibility index (Phi) is 3.09. The molecule has 0 saturated carbocycles. The smallest absolute Gasteiger partial charge is 0.0228 e. The molecule has 0 spiro atoms. The summed E-state index contributed by atoms with van der Waals surface area (Å²) in [5.74, 6) is 0. The van der Waals surface area contributed by atoms with E-state index in [-0.39, 0.29) is 0 Å². The third kappa shape index (κ3) is 1.97. The van der Waals surface area contributed by atoms with E-state index >= 15 is 0 Å². The van der Waals surface area contributed by atoms with E-state index in [0.29, 0.717) is 0 Å². The van der Waals surface area contributed by atoms with Crippen molar-refractivity contribution < 1.29 is 0 Å². The Labute approximate surface area is 74.9 Å². The summed E-state index contributed by atoms with van der Waals surface area (Å²) in [6.07, 6.45) is 3.26. The SMILES string of the molecule is C/C=C(\C)c1cccc(CC)c1. The van der Waals surface area contributed by atoms with Crippen LogP contribution in [-0.2, 0) is 6.42 Å². The minimum atomic E-state index is 1.12. The fourth-order valence-electron chi connectivity index (χ4n) is 1.20. The largest absolute Gasteiger partial charge is 0.0841 e.